The number of carbonyl (C=O) groups excluding carboxylic acids is 1. The van der Waals surface area contributed by atoms with Crippen molar-refractivity contribution in [2.24, 2.45) is 0 Å². The molecule has 0 fully saturated rings. The summed E-state index contributed by atoms with van der Waals surface area (Å²) in [6.45, 7) is 0. The normalized spacial score (nSPS) is 10.4. The van der Waals surface area contributed by atoms with Gasteiger partial charge in [-0.2, -0.15) is 0 Å². The van der Waals surface area contributed by atoms with E-state index in [9.17, 15) is 9.90 Å². The molecule has 72 valence electrons. The molecule has 0 saturated carbocycles. The molecule has 5 heteroatoms. The van der Waals surface area contributed by atoms with E-state index in [1.807, 2.05) is 0 Å². The van der Waals surface area contributed by atoms with Crippen LogP contribution in [0.25, 0.3) is 10.1 Å². The van der Waals surface area contributed by atoms with Crippen LogP contribution in [-0.4, -0.2) is 23.2 Å². The first-order valence-electron chi connectivity index (χ1n) is 3.88. The lowest BCUT2D eigenvalue weighted by Crippen LogP contribution is -1.97. The second-order valence-electron chi connectivity index (χ2n) is 2.64. The van der Waals surface area contributed by atoms with Gasteiger partial charge in [0.2, 0.25) is 0 Å². The minimum atomic E-state index is -0.524. The second-order valence-corrected chi connectivity index (χ2v) is 3.70. The molecule has 0 aliphatic heterocycles. The molecule has 0 aliphatic carbocycles. The zero-order valence-electron chi connectivity index (χ0n) is 7.35. The Hall–Kier alpha value is -1.62. The molecule has 14 heavy (non-hydrogen) atoms. The van der Waals surface area contributed by atoms with E-state index in [2.05, 4.69) is 9.72 Å². The number of aromatic hydroxyl groups is 1. The van der Waals surface area contributed by atoms with E-state index in [1.165, 1.54) is 18.4 Å². The number of rotatable bonds is 1. The van der Waals surface area contributed by atoms with Gasteiger partial charge in [-0.15, -0.1) is 11.3 Å². The number of aromatic nitrogens is 1. The molecule has 0 unspecified atom stereocenters. The lowest BCUT2D eigenvalue weighted by molar-refractivity contribution is 0.0603. The van der Waals surface area contributed by atoms with Crippen LogP contribution in [0.4, 0.5) is 0 Å². The summed E-state index contributed by atoms with van der Waals surface area (Å²) in [5.74, 6) is -0.553. The molecule has 2 aromatic rings. The third kappa shape index (κ3) is 1.22. The minimum absolute atomic E-state index is 0.0285. The third-order valence-electron chi connectivity index (χ3n) is 1.84. The van der Waals surface area contributed by atoms with Crippen LogP contribution in [0.2, 0.25) is 0 Å². The molecule has 0 amide bonds. The fourth-order valence-electron chi connectivity index (χ4n) is 1.17. The molecule has 0 aromatic carbocycles. The molecule has 2 aromatic heterocycles. The SMILES string of the molecule is COC(=O)c1sc2cnccc2c1O. The summed E-state index contributed by atoms with van der Waals surface area (Å²) in [6.07, 6.45) is 3.17. The van der Waals surface area contributed by atoms with Crippen molar-refractivity contribution >= 4 is 27.4 Å². The van der Waals surface area contributed by atoms with Crippen molar-refractivity contribution < 1.29 is 14.6 Å². The predicted molar refractivity (Wildman–Crippen MR) is 52.6 cm³/mol. The van der Waals surface area contributed by atoms with Crippen LogP contribution >= 0.6 is 11.3 Å². The first-order chi connectivity index (χ1) is 6.74. The molecule has 0 atom stereocenters. The fourth-order valence-corrected chi connectivity index (χ4v) is 2.15. The molecular weight excluding hydrogens is 202 g/mol. The Labute approximate surface area is 83.8 Å². The molecule has 0 radical (unpaired) electrons. The van der Waals surface area contributed by atoms with Gasteiger partial charge in [0, 0.05) is 17.8 Å². The number of methoxy groups -OCH3 is 1. The zero-order chi connectivity index (χ0) is 10.1. The van der Waals surface area contributed by atoms with E-state index >= 15 is 0 Å². The van der Waals surface area contributed by atoms with E-state index in [-0.39, 0.29) is 10.6 Å². The van der Waals surface area contributed by atoms with E-state index < -0.39 is 5.97 Å². The molecule has 1 N–H and O–H groups in total. The highest BCUT2D eigenvalue weighted by Crippen LogP contribution is 2.36. The number of hydrogen-bond acceptors (Lipinski definition) is 5. The molecular formula is C9H7NO3S. The van der Waals surface area contributed by atoms with Crippen LogP contribution < -0.4 is 0 Å². The van der Waals surface area contributed by atoms with Gasteiger partial charge in [0.15, 0.2) is 4.88 Å². The lowest BCUT2D eigenvalue weighted by Gasteiger charge is -1.94. The van der Waals surface area contributed by atoms with Crippen LogP contribution in [0.15, 0.2) is 18.5 Å². The molecule has 0 bridgehead atoms. The van der Waals surface area contributed by atoms with Crippen molar-refractivity contribution in [2.45, 2.75) is 0 Å². The minimum Gasteiger partial charge on any atom is -0.505 e. The monoisotopic (exact) mass is 209 g/mol. The van der Waals surface area contributed by atoms with Gasteiger partial charge < -0.3 is 9.84 Å². The number of carbonyl (C=O) groups is 1. The highest BCUT2D eigenvalue weighted by molar-refractivity contribution is 7.21. The maximum atomic E-state index is 11.2. The van der Waals surface area contributed by atoms with Crippen LogP contribution in [-0.2, 0) is 4.74 Å². The van der Waals surface area contributed by atoms with E-state index in [0.717, 1.165) is 4.70 Å². The van der Waals surface area contributed by atoms with Crippen molar-refractivity contribution in [2.75, 3.05) is 7.11 Å². The topological polar surface area (TPSA) is 59.4 Å². The van der Waals surface area contributed by atoms with Gasteiger partial charge in [0.1, 0.15) is 5.75 Å². The summed E-state index contributed by atoms with van der Waals surface area (Å²) < 4.78 is 5.31. The first-order valence-corrected chi connectivity index (χ1v) is 4.69. The average Bonchev–Trinajstić information content (AvgIpc) is 2.56. The van der Waals surface area contributed by atoms with Crippen molar-refractivity contribution in [3.8, 4) is 5.75 Å². The smallest absolute Gasteiger partial charge is 0.351 e. The number of ether oxygens (including phenoxy) is 1. The number of thiophene rings is 1. The van der Waals surface area contributed by atoms with Crippen LogP contribution in [0.5, 0.6) is 5.75 Å². The van der Waals surface area contributed by atoms with E-state index in [4.69, 9.17) is 0 Å². The Morgan fingerprint density at radius 1 is 1.64 bits per heavy atom. The van der Waals surface area contributed by atoms with E-state index in [1.54, 1.807) is 18.5 Å². The number of nitrogens with zero attached hydrogens (tertiary/aromatic N) is 1. The first kappa shape index (κ1) is 8.96. The van der Waals surface area contributed by atoms with E-state index in [0.29, 0.717) is 5.39 Å². The molecule has 4 nitrogen and oxygen atoms in total. The summed E-state index contributed by atoms with van der Waals surface area (Å²) in [7, 11) is 1.28. The summed E-state index contributed by atoms with van der Waals surface area (Å²) in [5, 5.41) is 10.3. The van der Waals surface area contributed by atoms with Crippen LogP contribution in [0, 0.1) is 0 Å². The Morgan fingerprint density at radius 3 is 3.07 bits per heavy atom. The van der Waals surface area contributed by atoms with Crippen molar-refractivity contribution in [3.63, 3.8) is 0 Å². The summed E-state index contributed by atoms with van der Waals surface area (Å²) in [6, 6.07) is 1.66. The summed E-state index contributed by atoms with van der Waals surface area (Å²) in [5.41, 5.74) is 0. The van der Waals surface area contributed by atoms with Crippen molar-refractivity contribution in [1.29, 1.82) is 0 Å². The molecule has 0 saturated heterocycles. The van der Waals surface area contributed by atoms with Gasteiger partial charge >= 0.3 is 5.97 Å². The largest absolute Gasteiger partial charge is 0.505 e. The summed E-state index contributed by atoms with van der Waals surface area (Å²) >= 11 is 1.17. The predicted octanol–water partition coefficient (Wildman–Crippen LogP) is 1.79. The third-order valence-corrected chi connectivity index (χ3v) is 2.95. The van der Waals surface area contributed by atoms with Crippen molar-refractivity contribution in [3.05, 3.63) is 23.3 Å². The number of pyridine rings is 1. The molecule has 2 rings (SSSR count). The molecule has 2 heterocycles. The highest BCUT2D eigenvalue weighted by atomic mass is 32.1. The Morgan fingerprint density at radius 2 is 2.43 bits per heavy atom. The molecule has 0 aliphatic rings. The number of fused-ring (bicyclic) bond motifs is 1. The Kier molecular flexibility index (Phi) is 2.09. The molecule has 0 spiro atoms. The Balaban J connectivity index is 2.68. The maximum Gasteiger partial charge on any atom is 0.351 e. The van der Waals surface area contributed by atoms with Gasteiger partial charge in [0.05, 0.1) is 11.8 Å². The van der Waals surface area contributed by atoms with Crippen molar-refractivity contribution in [1.82, 2.24) is 4.98 Å². The average molecular weight is 209 g/mol. The number of esters is 1. The van der Waals surface area contributed by atoms with Crippen LogP contribution in [0.1, 0.15) is 9.67 Å². The zero-order valence-corrected chi connectivity index (χ0v) is 8.17. The second kappa shape index (κ2) is 3.26. The number of hydrogen-bond donors (Lipinski definition) is 1. The Bertz CT molecular complexity index is 492. The summed E-state index contributed by atoms with van der Waals surface area (Å²) in [4.78, 5) is 15.3. The van der Waals surface area contributed by atoms with Gasteiger partial charge in [-0.1, -0.05) is 0 Å². The highest BCUT2D eigenvalue weighted by Gasteiger charge is 2.17. The van der Waals surface area contributed by atoms with Gasteiger partial charge in [-0.05, 0) is 6.07 Å². The lowest BCUT2D eigenvalue weighted by atomic mass is 10.3. The standard InChI is InChI=1S/C9H7NO3S/c1-13-9(12)8-7(11)5-2-3-10-4-6(5)14-8/h2-4,11H,1H3. The van der Waals surface area contributed by atoms with Gasteiger partial charge in [-0.3, -0.25) is 4.98 Å². The maximum absolute atomic E-state index is 11.2. The fraction of sp³-hybridized carbons (Fsp3) is 0.111. The van der Waals surface area contributed by atoms with Gasteiger partial charge in [-0.25, -0.2) is 4.79 Å². The quantitative estimate of drug-likeness (QED) is 0.727. The van der Waals surface area contributed by atoms with Gasteiger partial charge in [0.25, 0.3) is 0 Å². The van der Waals surface area contributed by atoms with Crippen LogP contribution in [0.3, 0.4) is 0 Å².